The maximum atomic E-state index is 8.44. The summed E-state index contributed by atoms with van der Waals surface area (Å²) in [7, 11) is 1.61. The lowest BCUT2D eigenvalue weighted by molar-refractivity contribution is 0.416. The zero-order valence-electron chi connectivity index (χ0n) is 9.21. The first-order valence-electron chi connectivity index (χ1n) is 4.97. The van der Waals surface area contributed by atoms with Crippen molar-refractivity contribution in [3.8, 4) is 23.2 Å². The number of hydrogen-bond acceptors (Lipinski definition) is 5. The van der Waals surface area contributed by atoms with E-state index in [1.54, 1.807) is 25.4 Å². The highest BCUT2D eigenvalue weighted by atomic mass is 16.5. The number of rotatable bonds is 3. The monoisotopic (exact) mass is 226 g/mol. The highest BCUT2D eigenvalue weighted by molar-refractivity contribution is 5.67. The van der Waals surface area contributed by atoms with Crippen molar-refractivity contribution in [2.45, 2.75) is 0 Å². The molecule has 0 aliphatic carbocycles. The normalized spacial score (nSPS) is 9.41. The van der Waals surface area contributed by atoms with Crippen LogP contribution in [-0.4, -0.2) is 17.3 Å². The molecular weight excluding hydrogens is 216 g/mol. The molecule has 1 aromatic carbocycles. The number of hydrogen-bond donors (Lipinski definition) is 1. The predicted molar refractivity (Wildman–Crippen MR) is 63.3 cm³/mol. The van der Waals surface area contributed by atoms with Crippen LogP contribution in [0.5, 0.6) is 5.75 Å². The molecule has 0 spiro atoms. The molecule has 0 fully saturated rings. The van der Waals surface area contributed by atoms with Crippen LogP contribution in [-0.2, 0) is 0 Å². The molecule has 5 nitrogen and oxygen atoms in total. The minimum atomic E-state index is 0.422. The highest BCUT2D eigenvalue weighted by Crippen LogP contribution is 2.27. The molecule has 2 aromatic rings. The van der Waals surface area contributed by atoms with Crippen molar-refractivity contribution in [2.75, 3.05) is 12.4 Å². The molecule has 1 heterocycles. The number of methoxy groups -OCH3 is 1. The summed E-state index contributed by atoms with van der Waals surface area (Å²) in [4.78, 5) is 0. The second-order valence-electron chi connectivity index (χ2n) is 3.24. The Kier molecular flexibility index (Phi) is 3.17. The Hall–Kier alpha value is -2.61. The molecule has 0 unspecified atom stereocenters. The summed E-state index contributed by atoms with van der Waals surface area (Å²) in [6.07, 6.45) is 1.79. The first kappa shape index (κ1) is 10.9. The van der Waals surface area contributed by atoms with E-state index in [1.165, 1.54) is 0 Å². The van der Waals surface area contributed by atoms with Crippen LogP contribution in [0.15, 0.2) is 36.4 Å². The Morgan fingerprint density at radius 1 is 1.18 bits per heavy atom. The van der Waals surface area contributed by atoms with Gasteiger partial charge in [-0.15, -0.1) is 10.2 Å². The average Bonchev–Trinajstić information content (AvgIpc) is 2.40. The summed E-state index contributed by atoms with van der Waals surface area (Å²) in [5, 5.41) is 18.8. The molecule has 84 valence electrons. The van der Waals surface area contributed by atoms with Gasteiger partial charge in [-0.05, 0) is 24.3 Å². The van der Waals surface area contributed by atoms with E-state index in [2.05, 4.69) is 15.5 Å². The number of anilines is 1. The van der Waals surface area contributed by atoms with E-state index in [0.29, 0.717) is 11.5 Å². The van der Waals surface area contributed by atoms with Gasteiger partial charge >= 0.3 is 0 Å². The first-order valence-corrected chi connectivity index (χ1v) is 4.97. The van der Waals surface area contributed by atoms with Gasteiger partial charge in [0.2, 0.25) is 0 Å². The molecule has 0 aliphatic rings. The zero-order valence-corrected chi connectivity index (χ0v) is 9.21. The van der Waals surface area contributed by atoms with Crippen molar-refractivity contribution in [3.63, 3.8) is 0 Å². The third-order valence-corrected chi connectivity index (χ3v) is 2.23. The summed E-state index contributed by atoms with van der Waals surface area (Å²) >= 11 is 0. The third kappa shape index (κ3) is 2.32. The Bertz CT molecular complexity index is 545. The first-order chi connectivity index (χ1) is 8.35. The van der Waals surface area contributed by atoms with E-state index >= 15 is 0 Å². The second-order valence-corrected chi connectivity index (χ2v) is 3.24. The van der Waals surface area contributed by atoms with Gasteiger partial charge in [-0.25, -0.2) is 0 Å². The van der Waals surface area contributed by atoms with Gasteiger partial charge in [0.25, 0.3) is 0 Å². The molecule has 0 saturated heterocycles. The Balaban J connectivity index is 2.37. The molecule has 0 amide bonds. The summed E-state index contributed by atoms with van der Waals surface area (Å²) in [5.41, 5.74) is 1.57. The van der Waals surface area contributed by atoms with Crippen LogP contribution in [0.25, 0.3) is 11.3 Å². The van der Waals surface area contributed by atoms with Crippen molar-refractivity contribution >= 4 is 5.82 Å². The fourth-order valence-corrected chi connectivity index (χ4v) is 1.46. The molecule has 5 heteroatoms. The molecular formula is C12H10N4O. The van der Waals surface area contributed by atoms with E-state index in [4.69, 9.17) is 10.00 Å². The average molecular weight is 226 g/mol. The maximum absolute atomic E-state index is 8.44. The van der Waals surface area contributed by atoms with Crippen LogP contribution in [0.2, 0.25) is 0 Å². The van der Waals surface area contributed by atoms with Crippen molar-refractivity contribution < 1.29 is 4.74 Å². The minimum Gasteiger partial charge on any atom is -0.496 e. The molecule has 0 atom stereocenters. The lowest BCUT2D eigenvalue weighted by atomic mass is 10.1. The molecule has 1 aromatic heterocycles. The van der Waals surface area contributed by atoms with Crippen LogP contribution >= 0.6 is 0 Å². The standard InChI is InChI=1S/C12H10N4O/c1-17-11-5-3-2-4-9(11)10-6-7-12(14-8-13)16-15-10/h2-7H,1H3,(H,14,16). The van der Waals surface area contributed by atoms with Crippen molar-refractivity contribution in [1.29, 1.82) is 5.26 Å². The van der Waals surface area contributed by atoms with E-state index in [-0.39, 0.29) is 0 Å². The van der Waals surface area contributed by atoms with E-state index < -0.39 is 0 Å². The van der Waals surface area contributed by atoms with Gasteiger partial charge in [-0.2, -0.15) is 5.26 Å². The van der Waals surface area contributed by atoms with Crippen LogP contribution < -0.4 is 10.1 Å². The van der Waals surface area contributed by atoms with Crippen LogP contribution in [0.4, 0.5) is 5.82 Å². The molecule has 0 bridgehead atoms. The third-order valence-electron chi connectivity index (χ3n) is 2.23. The summed E-state index contributed by atoms with van der Waals surface area (Å²) in [6.45, 7) is 0. The molecule has 17 heavy (non-hydrogen) atoms. The topological polar surface area (TPSA) is 70.8 Å². The van der Waals surface area contributed by atoms with E-state index in [0.717, 1.165) is 11.3 Å². The number of aromatic nitrogens is 2. The Labute approximate surface area is 98.7 Å². The van der Waals surface area contributed by atoms with Crippen LogP contribution in [0.3, 0.4) is 0 Å². The fraction of sp³-hybridized carbons (Fsp3) is 0.0833. The number of benzene rings is 1. The zero-order chi connectivity index (χ0) is 12.1. The number of ether oxygens (including phenoxy) is 1. The summed E-state index contributed by atoms with van der Waals surface area (Å²) in [6, 6.07) is 11.0. The highest BCUT2D eigenvalue weighted by Gasteiger charge is 2.06. The smallest absolute Gasteiger partial charge is 0.182 e. The largest absolute Gasteiger partial charge is 0.496 e. The van der Waals surface area contributed by atoms with Gasteiger partial charge < -0.3 is 4.74 Å². The minimum absolute atomic E-state index is 0.422. The van der Waals surface area contributed by atoms with Crippen LogP contribution in [0, 0.1) is 11.5 Å². The fourth-order valence-electron chi connectivity index (χ4n) is 1.46. The van der Waals surface area contributed by atoms with Gasteiger partial charge in [-0.1, -0.05) is 12.1 Å². The second kappa shape index (κ2) is 4.94. The lowest BCUT2D eigenvalue weighted by Gasteiger charge is -2.06. The Morgan fingerprint density at radius 3 is 2.65 bits per heavy atom. The maximum Gasteiger partial charge on any atom is 0.182 e. The molecule has 0 radical (unpaired) electrons. The number of para-hydroxylation sites is 1. The SMILES string of the molecule is COc1ccccc1-c1ccc(NC#N)nn1. The Morgan fingerprint density at radius 2 is 2.00 bits per heavy atom. The predicted octanol–water partition coefficient (Wildman–Crippen LogP) is 2.05. The number of nitriles is 1. The number of nitrogens with one attached hydrogen (secondary N) is 1. The van der Waals surface area contributed by atoms with Crippen molar-refractivity contribution in [1.82, 2.24) is 10.2 Å². The van der Waals surface area contributed by atoms with Gasteiger partial charge in [0.05, 0.1) is 12.8 Å². The molecule has 2 rings (SSSR count). The van der Waals surface area contributed by atoms with Crippen molar-refractivity contribution in [2.24, 2.45) is 0 Å². The van der Waals surface area contributed by atoms with Gasteiger partial charge in [-0.3, -0.25) is 5.32 Å². The molecule has 0 saturated carbocycles. The molecule has 1 N–H and O–H groups in total. The van der Waals surface area contributed by atoms with Gasteiger partial charge in [0.1, 0.15) is 5.75 Å². The number of nitrogens with zero attached hydrogens (tertiary/aromatic N) is 3. The van der Waals surface area contributed by atoms with E-state index in [9.17, 15) is 0 Å². The van der Waals surface area contributed by atoms with Crippen LogP contribution in [0.1, 0.15) is 0 Å². The lowest BCUT2D eigenvalue weighted by Crippen LogP contribution is -1.96. The van der Waals surface area contributed by atoms with Gasteiger partial charge in [0, 0.05) is 5.56 Å². The van der Waals surface area contributed by atoms with E-state index in [1.807, 2.05) is 24.3 Å². The summed E-state index contributed by atoms with van der Waals surface area (Å²) < 4.78 is 5.24. The molecule has 0 aliphatic heterocycles. The quantitative estimate of drug-likeness (QED) is 0.640. The summed E-state index contributed by atoms with van der Waals surface area (Å²) in [5.74, 6) is 1.16. The van der Waals surface area contributed by atoms with Crippen molar-refractivity contribution in [3.05, 3.63) is 36.4 Å². The van der Waals surface area contributed by atoms with Gasteiger partial charge in [0.15, 0.2) is 12.0 Å².